The van der Waals surface area contributed by atoms with Crippen molar-refractivity contribution in [2.24, 2.45) is 0 Å². The molecule has 1 aliphatic rings. The number of hydrogen-bond acceptors (Lipinski definition) is 5. The average Bonchev–Trinajstić information content (AvgIpc) is 2.89. The molecular weight excluding hydrogens is 372 g/mol. The molecule has 2 aromatic rings. The summed E-state index contributed by atoms with van der Waals surface area (Å²) >= 11 is 0. The van der Waals surface area contributed by atoms with Gasteiger partial charge in [0.25, 0.3) is 0 Å². The summed E-state index contributed by atoms with van der Waals surface area (Å²) in [5, 5.41) is 5.31. The zero-order chi connectivity index (χ0) is 20.3. The van der Waals surface area contributed by atoms with Crippen LogP contribution in [0.5, 0.6) is 11.5 Å². The van der Waals surface area contributed by atoms with E-state index in [0.717, 1.165) is 5.56 Å². The van der Waals surface area contributed by atoms with Crippen LogP contribution in [0.2, 0.25) is 0 Å². The number of carbonyl (C=O) groups is 2. The number of rotatable bonds is 6. The highest BCUT2D eigenvalue weighted by Gasteiger charge is 2.43. The highest BCUT2D eigenvalue weighted by Crippen LogP contribution is 2.42. The molecule has 2 amide bonds. The topological polar surface area (TPSA) is 79.9 Å². The lowest BCUT2D eigenvalue weighted by molar-refractivity contribution is -0.286. The number of nitrogens with one attached hydrogen (secondary N) is 2. The molecule has 0 aliphatic carbocycles. The lowest BCUT2D eigenvalue weighted by Crippen LogP contribution is -2.36. The van der Waals surface area contributed by atoms with E-state index in [-0.39, 0.29) is 36.2 Å². The lowest BCUT2D eigenvalue weighted by atomic mass is 10.2. The zero-order valence-electron chi connectivity index (χ0n) is 15.3. The SMILES string of the molecule is Cc1ccc(NC(=O)CN(C)CC(=O)Nc2ccc3c(c2)OC(F)(F)O3)cc1. The molecule has 9 heteroatoms. The van der Waals surface area contributed by atoms with Crippen LogP contribution in [0, 0.1) is 6.92 Å². The van der Waals surface area contributed by atoms with Crippen LogP contribution in [-0.2, 0) is 9.59 Å². The van der Waals surface area contributed by atoms with E-state index in [9.17, 15) is 18.4 Å². The summed E-state index contributed by atoms with van der Waals surface area (Å²) in [7, 11) is 1.62. The van der Waals surface area contributed by atoms with Gasteiger partial charge in [-0.05, 0) is 38.2 Å². The maximum Gasteiger partial charge on any atom is 0.586 e. The van der Waals surface area contributed by atoms with Gasteiger partial charge in [-0.3, -0.25) is 14.5 Å². The van der Waals surface area contributed by atoms with Crippen LogP contribution < -0.4 is 20.1 Å². The van der Waals surface area contributed by atoms with E-state index in [1.54, 1.807) is 19.2 Å². The quantitative estimate of drug-likeness (QED) is 0.792. The number of hydrogen-bond donors (Lipinski definition) is 2. The Morgan fingerprint density at radius 2 is 1.46 bits per heavy atom. The van der Waals surface area contributed by atoms with E-state index in [2.05, 4.69) is 20.1 Å². The Morgan fingerprint density at radius 1 is 0.929 bits per heavy atom. The molecule has 0 unspecified atom stereocenters. The molecule has 0 atom stereocenters. The largest absolute Gasteiger partial charge is 0.586 e. The van der Waals surface area contributed by atoms with Gasteiger partial charge in [0.1, 0.15) is 0 Å². The first-order valence-electron chi connectivity index (χ1n) is 8.45. The summed E-state index contributed by atoms with van der Waals surface area (Å²) < 4.78 is 34.7. The molecule has 3 rings (SSSR count). The monoisotopic (exact) mass is 391 g/mol. The molecule has 28 heavy (non-hydrogen) atoms. The minimum atomic E-state index is -3.71. The molecule has 0 spiro atoms. The van der Waals surface area contributed by atoms with Crippen LogP contribution in [0.3, 0.4) is 0 Å². The third-order valence-corrected chi connectivity index (χ3v) is 3.85. The summed E-state index contributed by atoms with van der Waals surface area (Å²) in [5.74, 6) is -0.928. The Morgan fingerprint density at radius 3 is 2.11 bits per heavy atom. The first-order valence-corrected chi connectivity index (χ1v) is 8.45. The van der Waals surface area contributed by atoms with Crippen molar-refractivity contribution >= 4 is 23.2 Å². The van der Waals surface area contributed by atoms with Crippen molar-refractivity contribution < 1.29 is 27.8 Å². The third kappa shape index (κ3) is 5.17. The molecule has 0 bridgehead atoms. The zero-order valence-corrected chi connectivity index (χ0v) is 15.3. The molecule has 1 heterocycles. The number of benzene rings is 2. The van der Waals surface area contributed by atoms with Gasteiger partial charge < -0.3 is 20.1 Å². The maximum atomic E-state index is 13.0. The van der Waals surface area contributed by atoms with E-state index in [0.29, 0.717) is 5.69 Å². The fourth-order valence-electron chi connectivity index (χ4n) is 2.61. The molecule has 1 aliphatic heterocycles. The molecule has 2 aromatic carbocycles. The molecular formula is C19H19F2N3O4. The van der Waals surface area contributed by atoms with E-state index < -0.39 is 12.2 Å². The summed E-state index contributed by atoms with van der Waals surface area (Å²) in [6.45, 7) is 1.89. The molecule has 0 saturated heterocycles. The Hall–Kier alpha value is -3.20. The molecule has 7 nitrogen and oxygen atoms in total. The maximum absolute atomic E-state index is 13.0. The van der Waals surface area contributed by atoms with Crippen molar-refractivity contribution in [2.45, 2.75) is 13.2 Å². The van der Waals surface area contributed by atoms with Gasteiger partial charge in [0, 0.05) is 17.4 Å². The normalized spacial score (nSPS) is 14.0. The van der Waals surface area contributed by atoms with Crippen LogP contribution in [0.4, 0.5) is 20.2 Å². The predicted octanol–water partition coefficient (Wildman–Crippen LogP) is 2.83. The second-order valence-corrected chi connectivity index (χ2v) is 6.46. The number of carbonyl (C=O) groups excluding carboxylic acids is 2. The number of nitrogens with zero attached hydrogens (tertiary/aromatic N) is 1. The summed E-state index contributed by atoms with van der Waals surface area (Å²) in [4.78, 5) is 25.7. The smallest absolute Gasteiger partial charge is 0.395 e. The summed E-state index contributed by atoms with van der Waals surface area (Å²) in [6, 6.07) is 11.3. The van der Waals surface area contributed by atoms with Crippen molar-refractivity contribution in [1.29, 1.82) is 0 Å². The number of fused-ring (bicyclic) bond motifs is 1. The van der Waals surface area contributed by atoms with Crippen molar-refractivity contribution in [1.82, 2.24) is 4.90 Å². The minimum absolute atomic E-state index is 0.00859. The van der Waals surface area contributed by atoms with Crippen LogP contribution in [-0.4, -0.2) is 43.1 Å². The van der Waals surface area contributed by atoms with Gasteiger partial charge in [-0.1, -0.05) is 17.7 Å². The summed E-state index contributed by atoms with van der Waals surface area (Å²) in [6.07, 6.45) is -3.71. The number of aryl methyl sites for hydroxylation is 1. The number of ether oxygens (including phenoxy) is 2. The van der Waals surface area contributed by atoms with Crippen molar-refractivity contribution in [2.75, 3.05) is 30.8 Å². The van der Waals surface area contributed by atoms with E-state index in [1.807, 2.05) is 19.1 Å². The van der Waals surface area contributed by atoms with Gasteiger partial charge >= 0.3 is 6.29 Å². The summed E-state index contributed by atoms with van der Waals surface area (Å²) in [5.41, 5.74) is 2.03. The van der Waals surface area contributed by atoms with Gasteiger partial charge in [0.2, 0.25) is 11.8 Å². The van der Waals surface area contributed by atoms with Crippen LogP contribution in [0.15, 0.2) is 42.5 Å². The third-order valence-electron chi connectivity index (χ3n) is 3.85. The Kier molecular flexibility index (Phi) is 5.46. The van der Waals surface area contributed by atoms with Crippen molar-refractivity contribution in [3.63, 3.8) is 0 Å². The highest BCUT2D eigenvalue weighted by molar-refractivity contribution is 5.94. The Balaban J connectivity index is 1.48. The van der Waals surface area contributed by atoms with Gasteiger partial charge in [-0.2, -0.15) is 0 Å². The number of alkyl halides is 2. The molecule has 0 saturated carbocycles. The molecule has 0 aromatic heterocycles. The Bertz CT molecular complexity index is 887. The van der Waals surface area contributed by atoms with E-state index in [1.165, 1.54) is 23.1 Å². The lowest BCUT2D eigenvalue weighted by Gasteiger charge is -2.16. The van der Waals surface area contributed by atoms with Crippen LogP contribution >= 0.6 is 0 Å². The fraction of sp³-hybridized carbons (Fsp3) is 0.263. The second-order valence-electron chi connectivity index (χ2n) is 6.46. The number of anilines is 2. The Labute approximate surface area is 160 Å². The van der Waals surface area contributed by atoms with Gasteiger partial charge in [0.15, 0.2) is 11.5 Å². The van der Waals surface area contributed by atoms with E-state index in [4.69, 9.17) is 0 Å². The van der Waals surface area contributed by atoms with Gasteiger partial charge in [-0.15, -0.1) is 8.78 Å². The van der Waals surface area contributed by atoms with Crippen LogP contribution in [0.1, 0.15) is 5.56 Å². The molecule has 0 fully saturated rings. The first-order chi connectivity index (χ1) is 13.2. The molecule has 0 radical (unpaired) electrons. The number of likely N-dealkylation sites (N-methyl/N-ethyl adjacent to an activating group) is 1. The van der Waals surface area contributed by atoms with Crippen LogP contribution in [0.25, 0.3) is 0 Å². The predicted molar refractivity (Wildman–Crippen MR) is 98.6 cm³/mol. The second kappa shape index (κ2) is 7.81. The first kappa shape index (κ1) is 19.6. The van der Waals surface area contributed by atoms with Gasteiger partial charge in [-0.25, -0.2) is 0 Å². The van der Waals surface area contributed by atoms with Crippen molar-refractivity contribution in [3.05, 3.63) is 48.0 Å². The van der Waals surface area contributed by atoms with Gasteiger partial charge in [0.05, 0.1) is 13.1 Å². The highest BCUT2D eigenvalue weighted by atomic mass is 19.3. The number of amides is 2. The minimum Gasteiger partial charge on any atom is -0.395 e. The van der Waals surface area contributed by atoms with Crippen molar-refractivity contribution in [3.8, 4) is 11.5 Å². The molecule has 2 N–H and O–H groups in total. The fourth-order valence-corrected chi connectivity index (χ4v) is 2.61. The average molecular weight is 391 g/mol. The molecule has 148 valence electrons. The standard InChI is InChI=1S/C19H19F2N3O4/c1-12-3-5-13(6-4-12)22-17(25)10-24(2)11-18(26)23-14-7-8-15-16(9-14)28-19(20,21)27-15/h3-9H,10-11H2,1-2H3,(H,22,25)(H,23,26). The van der Waals surface area contributed by atoms with E-state index >= 15 is 0 Å². The number of halogens is 2.